The zero-order valence-electron chi connectivity index (χ0n) is 13.9. The van der Waals surface area contributed by atoms with Crippen LogP contribution in [0.3, 0.4) is 0 Å². The molecule has 0 atom stereocenters. The first-order valence-electron chi connectivity index (χ1n) is 7.24. The fraction of sp³-hybridized carbons (Fsp3) is 0.400. The molecule has 0 aliphatic carbocycles. The van der Waals surface area contributed by atoms with Gasteiger partial charge in [0.15, 0.2) is 5.16 Å². The van der Waals surface area contributed by atoms with E-state index in [2.05, 4.69) is 15.5 Å². The lowest BCUT2D eigenvalue weighted by atomic mass is 10.2. The Balaban J connectivity index is 2.07. The van der Waals surface area contributed by atoms with Crippen molar-refractivity contribution in [2.75, 3.05) is 25.3 Å². The molecule has 0 fully saturated rings. The molecule has 0 radical (unpaired) electrons. The number of halogens is 1. The second kappa shape index (κ2) is 8.25. The molecule has 1 heterocycles. The third kappa shape index (κ3) is 4.12. The van der Waals surface area contributed by atoms with Gasteiger partial charge in [-0.15, -0.1) is 10.2 Å². The average molecular weight is 371 g/mol. The largest absolute Gasteiger partial charge is 0.495 e. The van der Waals surface area contributed by atoms with Crippen molar-refractivity contribution in [3.05, 3.63) is 23.0 Å². The molecule has 0 bridgehead atoms. The highest BCUT2D eigenvalue weighted by Crippen LogP contribution is 2.36. The lowest BCUT2D eigenvalue weighted by molar-refractivity contribution is -0.113. The van der Waals surface area contributed by atoms with Crippen LogP contribution in [-0.4, -0.2) is 40.6 Å². The van der Waals surface area contributed by atoms with Gasteiger partial charge in [-0.3, -0.25) is 4.79 Å². The molecule has 1 N–H and O–H groups in total. The maximum absolute atomic E-state index is 12.2. The Morgan fingerprint density at radius 3 is 2.62 bits per heavy atom. The lowest BCUT2D eigenvalue weighted by Crippen LogP contribution is -2.15. The zero-order valence-corrected chi connectivity index (χ0v) is 15.5. The van der Waals surface area contributed by atoms with Crippen LogP contribution >= 0.6 is 23.4 Å². The summed E-state index contributed by atoms with van der Waals surface area (Å²) in [5, 5.41) is 12.0. The third-order valence-corrected chi connectivity index (χ3v) is 4.56. The van der Waals surface area contributed by atoms with E-state index >= 15 is 0 Å². The van der Waals surface area contributed by atoms with E-state index in [0.29, 0.717) is 27.4 Å². The van der Waals surface area contributed by atoms with Gasteiger partial charge >= 0.3 is 0 Å². The van der Waals surface area contributed by atoms with Crippen molar-refractivity contribution in [3.8, 4) is 11.5 Å². The van der Waals surface area contributed by atoms with E-state index in [9.17, 15) is 4.79 Å². The van der Waals surface area contributed by atoms with Gasteiger partial charge in [-0.25, -0.2) is 0 Å². The second-order valence-electron chi connectivity index (χ2n) is 4.80. The van der Waals surface area contributed by atoms with Gasteiger partial charge in [-0.1, -0.05) is 23.4 Å². The number of carbonyl (C=O) groups excluding carboxylic acids is 1. The molecule has 2 aromatic rings. The van der Waals surface area contributed by atoms with Gasteiger partial charge in [0, 0.05) is 18.7 Å². The molecular weight excluding hydrogens is 352 g/mol. The maximum atomic E-state index is 12.2. The predicted molar refractivity (Wildman–Crippen MR) is 94.3 cm³/mol. The molecule has 0 aliphatic heterocycles. The summed E-state index contributed by atoms with van der Waals surface area (Å²) < 4.78 is 12.4. The van der Waals surface area contributed by atoms with E-state index in [4.69, 9.17) is 21.1 Å². The van der Waals surface area contributed by atoms with E-state index in [1.807, 2.05) is 18.4 Å². The van der Waals surface area contributed by atoms with Gasteiger partial charge in [-0.2, -0.15) is 0 Å². The second-order valence-corrected chi connectivity index (χ2v) is 6.15. The number of rotatable bonds is 7. The number of hydrogen-bond donors (Lipinski definition) is 1. The summed E-state index contributed by atoms with van der Waals surface area (Å²) in [5.41, 5.74) is 0.498. The highest BCUT2D eigenvalue weighted by Gasteiger charge is 2.14. The molecule has 2 rings (SSSR count). The normalized spacial score (nSPS) is 10.5. The number of nitrogens with one attached hydrogen (secondary N) is 1. The Morgan fingerprint density at radius 1 is 1.29 bits per heavy atom. The number of methoxy groups -OCH3 is 2. The lowest BCUT2D eigenvalue weighted by Gasteiger charge is -2.13. The molecule has 130 valence electrons. The van der Waals surface area contributed by atoms with Crippen molar-refractivity contribution in [1.29, 1.82) is 0 Å². The quantitative estimate of drug-likeness (QED) is 0.755. The fourth-order valence-electron chi connectivity index (χ4n) is 2.11. The third-order valence-electron chi connectivity index (χ3n) is 3.30. The van der Waals surface area contributed by atoms with Crippen molar-refractivity contribution < 1.29 is 14.3 Å². The summed E-state index contributed by atoms with van der Waals surface area (Å²) >= 11 is 7.38. The Morgan fingerprint density at radius 2 is 2.00 bits per heavy atom. The first kappa shape index (κ1) is 18.4. The number of benzene rings is 1. The number of carbonyl (C=O) groups is 1. The summed E-state index contributed by atoms with van der Waals surface area (Å²) in [7, 11) is 3.02. The minimum atomic E-state index is -0.189. The van der Waals surface area contributed by atoms with Crippen LogP contribution in [0, 0.1) is 6.92 Å². The minimum Gasteiger partial charge on any atom is -0.495 e. The Labute approximate surface area is 149 Å². The minimum absolute atomic E-state index is 0.189. The molecule has 0 saturated heterocycles. The average Bonchev–Trinajstić information content (AvgIpc) is 2.93. The molecule has 0 spiro atoms. The molecule has 1 amide bonds. The maximum Gasteiger partial charge on any atom is 0.234 e. The van der Waals surface area contributed by atoms with E-state index < -0.39 is 0 Å². The predicted octanol–water partition coefficient (Wildman–Crippen LogP) is 3.01. The number of anilines is 1. The van der Waals surface area contributed by atoms with Crippen LogP contribution in [0.2, 0.25) is 5.02 Å². The standard InChI is InChI=1S/C15H19ClN4O3S/c1-5-20-9(2)18-19-15(20)24-8-14(21)17-11-7-12(22-3)10(16)6-13(11)23-4/h6-7H,5,8H2,1-4H3,(H,17,21). The van der Waals surface area contributed by atoms with Gasteiger partial charge in [-0.05, 0) is 13.8 Å². The number of thioether (sulfide) groups is 1. The number of aryl methyl sites for hydroxylation is 1. The summed E-state index contributed by atoms with van der Waals surface area (Å²) in [6.07, 6.45) is 0. The number of nitrogens with zero attached hydrogens (tertiary/aromatic N) is 3. The monoisotopic (exact) mass is 370 g/mol. The van der Waals surface area contributed by atoms with Gasteiger partial charge in [0.25, 0.3) is 0 Å². The molecule has 1 aromatic heterocycles. The van der Waals surface area contributed by atoms with Crippen LogP contribution in [0.15, 0.2) is 17.3 Å². The van der Waals surface area contributed by atoms with Crippen molar-refractivity contribution >= 4 is 35.0 Å². The summed E-state index contributed by atoms with van der Waals surface area (Å²) in [4.78, 5) is 12.2. The number of aromatic nitrogens is 3. The Hall–Kier alpha value is -1.93. The Bertz CT molecular complexity index is 736. The molecule has 7 nitrogen and oxygen atoms in total. The van der Waals surface area contributed by atoms with E-state index in [-0.39, 0.29) is 11.7 Å². The molecule has 0 saturated carbocycles. The number of ether oxygens (including phenoxy) is 2. The van der Waals surface area contributed by atoms with Crippen LogP contribution in [0.1, 0.15) is 12.7 Å². The Kier molecular flexibility index (Phi) is 6.33. The highest BCUT2D eigenvalue weighted by atomic mass is 35.5. The molecule has 24 heavy (non-hydrogen) atoms. The van der Waals surface area contributed by atoms with Crippen molar-refractivity contribution in [1.82, 2.24) is 14.8 Å². The molecular formula is C15H19ClN4O3S. The number of hydrogen-bond acceptors (Lipinski definition) is 6. The first-order chi connectivity index (χ1) is 11.5. The van der Waals surface area contributed by atoms with Gasteiger partial charge in [0.2, 0.25) is 5.91 Å². The van der Waals surface area contributed by atoms with Crippen molar-refractivity contribution in [2.45, 2.75) is 25.5 Å². The molecule has 0 unspecified atom stereocenters. The number of amides is 1. The van der Waals surface area contributed by atoms with E-state index in [0.717, 1.165) is 12.4 Å². The van der Waals surface area contributed by atoms with Crippen LogP contribution in [0.25, 0.3) is 0 Å². The smallest absolute Gasteiger partial charge is 0.234 e. The van der Waals surface area contributed by atoms with Crippen LogP contribution in [-0.2, 0) is 11.3 Å². The summed E-state index contributed by atoms with van der Waals surface area (Å²) in [6.45, 7) is 4.64. The van der Waals surface area contributed by atoms with Crippen LogP contribution < -0.4 is 14.8 Å². The van der Waals surface area contributed by atoms with Crippen molar-refractivity contribution in [2.24, 2.45) is 0 Å². The van der Waals surface area contributed by atoms with Crippen LogP contribution in [0.4, 0.5) is 5.69 Å². The first-order valence-corrected chi connectivity index (χ1v) is 8.60. The highest BCUT2D eigenvalue weighted by molar-refractivity contribution is 7.99. The topological polar surface area (TPSA) is 78.3 Å². The molecule has 0 aliphatic rings. The summed E-state index contributed by atoms with van der Waals surface area (Å²) in [6, 6.07) is 3.22. The van der Waals surface area contributed by atoms with Crippen molar-refractivity contribution in [3.63, 3.8) is 0 Å². The zero-order chi connectivity index (χ0) is 17.7. The SMILES string of the molecule is CCn1c(C)nnc1SCC(=O)Nc1cc(OC)c(Cl)cc1OC. The molecule has 9 heteroatoms. The van der Waals surface area contributed by atoms with E-state index in [1.54, 1.807) is 12.1 Å². The fourth-order valence-corrected chi connectivity index (χ4v) is 3.19. The van der Waals surface area contributed by atoms with Gasteiger partial charge in [0.05, 0.1) is 30.7 Å². The molecule has 1 aromatic carbocycles. The van der Waals surface area contributed by atoms with Crippen LogP contribution in [0.5, 0.6) is 11.5 Å². The van der Waals surface area contributed by atoms with Gasteiger partial charge in [0.1, 0.15) is 17.3 Å². The van der Waals surface area contributed by atoms with Gasteiger partial charge < -0.3 is 19.4 Å². The summed E-state index contributed by atoms with van der Waals surface area (Å²) in [5.74, 6) is 1.76. The van der Waals surface area contributed by atoms with E-state index in [1.165, 1.54) is 26.0 Å².